The summed E-state index contributed by atoms with van der Waals surface area (Å²) < 4.78 is 49.9. The van der Waals surface area contributed by atoms with Gasteiger partial charge in [-0.15, -0.1) is 0 Å². The Morgan fingerprint density at radius 2 is 1.97 bits per heavy atom. The first kappa shape index (κ1) is 29.5. The van der Waals surface area contributed by atoms with E-state index >= 15 is 0 Å². The van der Waals surface area contributed by atoms with E-state index in [1.807, 2.05) is 32.0 Å². The number of sulfonamides is 1. The molecule has 3 rings (SSSR count). The number of hydrogen-bond donors (Lipinski definition) is 1. The molecular weight excluding hydrogens is 498 g/mol. The fourth-order valence-corrected chi connectivity index (χ4v) is 5.72. The van der Waals surface area contributed by atoms with Crippen molar-refractivity contribution in [2.24, 2.45) is 0 Å². The number of carbonyl (C=O) groups is 1. The maximum absolute atomic E-state index is 12.9. The van der Waals surface area contributed by atoms with E-state index in [-0.39, 0.29) is 13.2 Å². The second kappa shape index (κ2) is 13.6. The van der Waals surface area contributed by atoms with Crippen LogP contribution in [0.1, 0.15) is 58.1 Å². The van der Waals surface area contributed by atoms with Crippen molar-refractivity contribution in [3.63, 3.8) is 0 Å². The number of nitrogens with one attached hydrogen (secondary N) is 1. The van der Waals surface area contributed by atoms with E-state index in [0.29, 0.717) is 50.7 Å². The number of benzene rings is 1. The Morgan fingerprint density at radius 3 is 2.68 bits per heavy atom. The van der Waals surface area contributed by atoms with Crippen LogP contribution in [-0.4, -0.2) is 94.7 Å². The highest BCUT2D eigenvalue weighted by molar-refractivity contribution is 7.88. The van der Waals surface area contributed by atoms with E-state index in [1.165, 1.54) is 10.6 Å². The molecule has 2 heterocycles. The van der Waals surface area contributed by atoms with Gasteiger partial charge in [0.25, 0.3) is 0 Å². The van der Waals surface area contributed by atoms with E-state index in [9.17, 15) is 13.2 Å². The van der Waals surface area contributed by atoms with E-state index in [1.54, 1.807) is 0 Å². The molecule has 1 fully saturated rings. The molecule has 1 N–H and O–H groups in total. The summed E-state index contributed by atoms with van der Waals surface area (Å²) in [5.74, 6) is 1.36. The number of unbranched alkanes of at least 4 members (excludes halogenated alkanes) is 1. The van der Waals surface area contributed by atoms with Crippen LogP contribution < -0.4 is 14.8 Å². The number of carbonyl (C=O) groups excluding carboxylic acids is 1. The topological polar surface area (TPSA) is 107 Å². The average Bonchev–Trinajstić information content (AvgIpc) is 2.83. The van der Waals surface area contributed by atoms with Crippen LogP contribution in [0, 0.1) is 0 Å². The normalized spacial score (nSPS) is 19.6. The Kier molecular flexibility index (Phi) is 10.9. The lowest BCUT2D eigenvalue weighted by molar-refractivity contribution is 0.0382. The van der Waals surface area contributed by atoms with Crippen molar-refractivity contribution in [1.29, 1.82) is 0 Å². The van der Waals surface area contributed by atoms with Crippen LogP contribution in [0.25, 0.3) is 0 Å². The molecule has 11 heteroatoms. The summed E-state index contributed by atoms with van der Waals surface area (Å²) in [6, 6.07) is 5.20. The van der Waals surface area contributed by atoms with Crippen molar-refractivity contribution < 1.29 is 32.2 Å². The highest BCUT2D eigenvalue weighted by Gasteiger charge is 2.40. The smallest absolute Gasteiger partial charge is 0.407 e. The average molecular weight is 542 g/mol. The van der Waals surface area contributed by atoms with Crippen molar-refractivity contribution in [3.8, 4) is 11.5 Å². The molecule has 1 amide bonds. The maximum atomic E-state index is 12.9. The van der Waals surface area contributed by atoms with Gasteiger partial charge in [0.05, 0.1) is 38.7 Å². The van der Waals surface area contributed by atoms with Gasteiger partial charge in [-0.05, 0) is 44.9 Å². The van der Waals surface area contributed by atoms with Gasteiger partial charge in [0, 0.05) is 44.7 Å². The largest absolute Gasteiger partial charge is 0.494 e. The van der Waals surface area contributed by atoms with Gasteiger partial charge >= 0.3 is 6.09 Å². The molecular formula is C26H43N3O7S. The molecule has 1 aromatic rings. The first-order valence-corrected chi connectivity index (χ1v) is 15.1. The van der Waals surface area contributed by atoms with E-state index < -0.39 is 27.8 Å². The molecule has 0 aliphatic carbocycles. The van der Waals surface area contributed by atoms with Crippen LogP contribution in [0.2, 0.25) is 0 Å². The summed E-state index contributed by atoms with van der Waals surface area (Å²) >= 11 is 0. The Morgan fingerprint density at radius 1 is 1.22 bits per heavy atom. The van der Waals surface area contributed by atoms with Crippen molar-refractivity contribution >= 4 is 16.1 Å². The van der Waals surface area contributed by atoms with Crippen LogP contribution in [0.15, 0.2) is 18.2 Å². The zero-order valence-electron chi connectivity index (χ0n) is 22.7. The summed E-state index contributed by atoms with van der Waals surface area (Å²) in [4.78, 5) is 14.3. The Balaban J connectivity index is 1.58. The summed E-state index contributed by atoms with van der Waals surface area (Å²) in [6.07, 6.45) is 3.57. The van der Waals surface area contributed by atoms with Crippen molar-refractivity contribution in [1.82, 2.24) is 14.5 Å². The quantitative estimate of drug-likeness (QED) is 0.380. The minimum atomic E-state index is -3.55. The number of nitrogens with zero attached hydrogens (tertiary/aromatic N) is 2. The molecule has 10 nitrogen and oxygen atoms in total. The van der Waals surface area contributed by atoms with Gasteiger partial charge < -0.3 is 24.3 Å². The predicted octanol–water partition coefficient (Wildman–Crippen LogP) is 3.18. The molecule has 0 radical (unpaired) electrons. The number of ether oxygens (including phenoxy) is 4. The molecule has 1 saturated heterocycles. The van der Waals surface area contributed by atoms with Crippen LogP contribution in [0.4, 0.5) is 4.79 Å². The number of alkyl carbamates (subject to hydrolysis) is 1. The fraction of sp³-hybridized carbons (Fsp3) is 0.731. The third kappa shape index (κ3) is 9.31. The summed E-state index contributed by atoms with van der Waals surface area (Å²) in [5, 5.41) is 2.76. The second-order valence-electron chi connectivity index (χ2n) is 10.2. The van der Waals surface area contributed by atoms with E-state index in [2.05, 4.69) is 17.1 Å². The minimum absolute atomic E-state index is 0.120. The highest BCUT2D eigenvalue weighted by atomic mass is 32.2. The standard InChI is InChI=1S/C26H43N3O7S/c1-5-6-15-34-21-8-9-24-22(19-21)23(20-26(2,3)36-24)29(37(4,31)32)11-7-16-35-25(30)27-10-12-28-13-17-33-18-14-28/h8-9,19,23H,5-7,10-18,20H2,1-4H3,(H,27,30). The van der Waals surface area contributed by atoms with Crippen LogP contribution >= 0.6 is 0 Å². The Hall–Kier alpha value is -2.08. The zero-order chi connectivity index (χ0) is 26.9. The Bertz CT molecular complexity index is 980. The third-order valence-corrected chi connectivity index (χ3v) is 7.80. The van der Waals surface area contributed by atoms with Gasteiger partial charge in [-0.2, -0.15) is 4.31 Å². The first-order chi connectivity index (χ1) is 17.6. The summed E-state index contributed by atoms with van der Waals surface area (Å²) in [7, 11) is -3.55. The van der Waals surface area contributed by atoms with Gasteiger partial charge in [-0.1, -0.05) is 13.3 Å². The molecule has 210 valence electrons. The molecule has 0 saturated carbocycles. The molecule has 0 aromatic heterocycles. The molecule has 0 spiro atoms. The lowest BCUT2D eigenvalue weighted by atomic mass is 9.89. The number of morpholine rings is 1. The van der Waals surface area contributed by atoms with E-state index in [4.69, 9.17) is 18.9 Å². The lowest BCUT2D eigenvalue weighted by Gasteiger charge is -2.41. The van der Waals surface area contributed by atoms with Crippen LogP contribution in [-0.2, 0) is 19.5 Å². The fourth-order valence-electron chi connectivity index (χ4n) is 4.61. The molecule has 1 aromatic carbocycles. The van der Waals surface area contributed by atoms with Gasteiger partial charge in [-0.3, -0.25) is 4.90 Å². The Labute approximate surface area is 221 Å². The van der Waals surface area contributed by atoms with Gasteiger partial charge in [-0.25, -0.2) is 13.2 Å². The molecule has 0 bridgehead atoms. The predicted molar refractivity (Wildman–Crippen MR) is 142 cm³/mol. The molecule has 2 aliphatic heterocycles. The van der Waals surface area contributed by atoms with E-state index in [0.717, 1.165) is 38.0 Å². The summed E-state index contributed by atoms with van der Waals surface area (Å²) in [6.45, 7) is 11.3. The first-order valence-electron chi connectivity index (χ1n) is 13.2. The highest BCUT2D eigenvalue weighted by Crippen LogP contribution is 2.44. The maximum Gasteiger partial charge on any atom is 0.407 e. The van der Waals surface area contributed by atoms with Gasteiger partial charge in [0.15, 0.2) is 0 Å². The third-order valence-electron chi connectivity index (χ3n) is 6.51. The molecule has 1 unspecified atom stereocenters. The minimum Gasteiger partial charge on any atom is -0.494 e. The van der Waals surface area contributed by atoms with Gasteiger partial charge in [0.2, 0.25) is 10.0 Å². The number of fused-ring (bicyclic) bond motifs is 1. The number of amides is 1. The van der Waals surface area contributed by atoms with Crippen molar-refractivity contribution in [2.75, 3.05) is 65.4 Å². The lowest BCUT2D eigenvalue weighted by Crippen LogP contribution is -2.44. The number of hydrogen-bond acceptors (Lipinski definition) is 8. The summed E-state index contributed by atoms with van der Waals surface area (Å²) in [5.41, 5.74) is 0.253. The SMILES string of the molecule is CCCCOc1ccc2c(c1)C(N(CCCOC(=O)NCCN1CCOCC1)S(C)(=O)=O)CC(C)(C)O2. The second-order valence-corrected chi connectivity index (χ2v) is 12.2. The number of rotatable bonds is 13. The van der Waals surface area contributed by atoms with Crippen molar-refractivity contribution in [2.45, 2.75) is 58.1 Å². The zero-order valence-corrected chi connectivity index (χ0v) is 23.5. The monoisotopic (exact) mass is 541 g/mol. The van der Waals surface area contributed by atoms with Crippen LogP contribution in [0.5, 0.6) is 11.5 Å². The van der Waals surface area contributed by atoms with Crippen molar-refractivity contribution in [3.05, 3.63) is 23.8 Å². The van der Waals surface area contributed by atoms with Gasteiger partial charge in [0.1, 0.15) is 17.1 Å². The molecule has 2 aliphatic rings. The molecule has 1 atom stereocenters. The van der Waals surface area contributed by atoms with Crippen LogP contribution in [0.3, 0.4) is 0 Å². The molecule has 37 heavy (non-hydrogen) atoms.